The highest BCUT2D eigenvalue weighted by atomic mass is 79.9. The number of hydrogen-bond acceptors (Lipinski definition) is 8. The van der Waals surface area contributed by atoms with E-state index in [2.05, 4.69) is 60.9 Å². The Bertz CT molecular complexity index is 856. The van der Waals surface area contributed by atoms with Crippen molar-refractivity contribution in [2.75, 3.05) is 52.4 Å². The lowest BCUT2D eigenvalue weighted by atomic mass is 9.97. The minimum Gasteiger partial charge on any atom is -0.499 e. The van der Waals surface area contributed by atoms with Crippen molar-refractivity contribution in [3.63, 3.8) is 0 Å². The smallest absolute Gasteiger partial charge is 0.141 e. The van der Waals surface area contributed by atoms with Crippen LogP contribution in [-0.2, 0) is 20.6 Å². The van der Waals surface area contributed by atoms with Crippen LogP contribution in [0, 0.1) is 0 Å². The Labute approximate surface area is 199 Å². The molecule has 1 atom stereocenters. The Morgan fingerprint density at radius 2 is 2.00 bits per heavy atom. The summed E-state index contributed by atoms with van der Waals surface area (Å²) in [6.07, 6.45) is 9.16. The van der Waals surface area contributed by atoms with Crippen LogP contribution in [0.15, 0.2) is 34.0 Å². The molecular formula is C23H34BrN5O3. The number of ether oxygens (including phenoxy) is 3. The van der Waals surface area contributed by atoms with Crippen molar-refractivity contribution < 1.29 is 14.2 Å². The van der Waals surface area contributed by atoms with Gasteiger partial charge in [0.15, 0.2) is 0 Å². The molecule has 2 aliphatic rings. The number of nitrogens with one attached hydrogen (secondary N) is 3. The van der Waals surface area contributed by atoms with Gasteiger partial charge < -0.3 is 30.2 Å². The summed E-state index contributed by atoms with van der Waals surface area (Å²) < 4.78 is 18.0. The number of allylic oxidation sites excluding steroid dienone is 3. The number of hydrogen-bond donors (Lipinski definition) is 3. The summed E-state index contributed by atoms with van der Waals surface area (Å²) in [5.41, 5.74) is 3.90. The molecule has 1 aromatic rings. The quantitative estimate of drug-likeness (QED) is 0.350. The Kier molecular flexibility index (Phi) is 9.98. The van der Waals surface area contributed by atoms with Gasteiger partial charge >= 0.3 is 0 Å². The molecule has 2 aliphatic carbocycles. The summed E-state index contributed by atoms with van der Waals surface area (Å²) >= 11 is 3.61. The molecule has 32 heavy (non-hydrogen) atoms. The lowest BCUT2D eigenvalue weighted by molar-refractivity contribution is 0.0312. The van der Waals surface area contributed by atoms with Crippen LogP contribution < -0.4 is 16.0 Å². The third kappa shape index (κ3) is 6.78. The van der Waals surface area contributed by atoms with Gasteiger partial charge in [0.1, 0.15) is 24.0 Å². The summed E-state index contributed by atoms with van der Waals surface area (Å²) in [6, 6.07) is 0. The van der Waals surface area contributed by atoms with Crippen molar-refractivity contribution >= 4 is 27.8 Å². The normalized spacial score (nSPS) is 18.1. The molecule has 0 aliphatic heterocycles. The average molecular weight is 508 g/mol. The van der Waals surface area contributed by atoms with Crippen molar-refractivity contribution in [1.29, 1.82) is 0 Å². The van der Waals surface area contributed by atoms with Crippen LogP contribution in [0.1, 0.15) is 37.4 Å². The van der Waals surface area contributed by atoms with Gasteiger partial charge in [-0.2, -0.15) is 0 Å². The molecule has 0 saturated heterocycles. The van der Waals surface area contributed by atoms with Gasteiger partial charge in [-0.25, -0.2) is 9.97 Å². The maximum Gasteiger partial charge on any atom is 0.141 e. The first-order chi connectivity index (χ1) is 15.7. The summed E-state index contributed by atoms with van der Waals surface area (Å²) in [5, 5.41) is 10.4. The molecule has 0 amide bonds. The number of halogens is 1. The van der Waals surface area contributed by atoms with Crippen molar-refractivity contribution in [1.82, 2.24) is 20.6 Å². The van der Waals surface area contributed by atoms with E-state index in [-0.39, 0.29) is 6.10 Å². The van der Waals surface area contributed by atoms with E-state index in [1.165, 1.54) is 0 Å². The Morgan fingerprint density at radius 1 is 1.12 bits per heavy atom. The Balaban J connectivity index is 1.82. The third-order valence-corrected chi connectivity index (χ3v) is 6.02. The first kappa shape index (κ1) is 24.7. The van der Waals surface area contributed by atoms with Crippen molar-refractivity contribution in [2.45, 2.75) is 38.7 Å². The number of rotatable bonds is 13. The molecule has 176 valence electrons. The van der Waals surface area contributed by atoms with Gasteiger partial charge in [0, 0.05) is 37.8 Å². The molecule has 0 aromatic carbocycles. The molecule has 0 spiro atoms. The number of aromatic nitrogens is 2. The second-order valence-electron chi connectivity index (χ2n) is 7.63. The van der Waals surface area contributed by atoms with Gasteiger partial charge in [0.2, 0.25) is 0 Å². The van der Waals surface area contributed by atoms with Crippen molar-refractivity contribution in [2.24, 2.45) is 0 Å². The van der Waals surface area contributed by atoms with Gasteiger partial charge in [-0.1, -0.05) is 22.9 Å². The zero-order chi connectivity index (χ0) is 22.8. The van der Waals surface area contributed by atoms with E-state index in [1.54, 1.807) is 20.5 Å². The number of methoxy groups -OCH3 is 2. The lowest BCUT2D eigenvalue weighted by Crippen LogP contribution is -2.34. The standard InChI is InChI=1S/C23H34BrN5O3/c1-4-25-8-5-9-26-19-13-17-18(14-22(19)32-11-10-30-2)27-15-28-23(17)29-20-12-16(24)6-7-21(20)31-3/h12-13,15,22,25-26H,4-11,14H2,1-3H3,(H,27,28,29). The second kappa shape index (κ2) is 12.9. The Morgan fingerprint density at radius 3 is 2.78 bits per heavy atom. The molecule has 0 saturated carbocycles. The number of fused-ring (bicyclic) bond motifs is 1. The molecule has 3 N–H and O–H groups in total. The van der Waals surface area contributed by atoms with Crippen molar-refractivity contribution in [3.05, 3.63) is 45.3 Å². The highest BCUT2D eigenvalue weighted by molar-refractivity contribution is 9.11. The Hall–Kier alpha value is -1.94. The molecule has 0 fully saturated rings. The van der Waals surface area contributed by atoms with Crippen LogP contribution in [0.5, 0.6) is 0 Å². The fourth-order valence-corrected chi connectivity index (χ4v) is 4.14. The molecule has 8 nitrogen and oxygen atoms in total. The average Bonchev–Trinajstić information content (AvgIpc) is 2.79. The van der Waals surface area contributed by atoms with E-state index in [1.807, 2.05) is 0 Å². The third-order valence-electron chi connectivity index (χ3n) is 5.40. The van der Waals surface area contributed by atoms with Crippen molar-refractivity contribution in [3.8, 4) is 0 Å². The van der Waals surface area contributed by atoms with Gasteiger partial charge in [-0.15, -0.1) is 0 Å². The largest absolute Gasteiger partial charge is 0.499 e. The van der Waals surface area contributed by atoms with E-state index >= 15 is 0 Å². The number of anilines is 1. The molecule has 9 heteroatoms. The zero-order valence-corrected chi connectivity index (χ0v) is 20.8. The second-order valence-corrected chi connectivity index (χ2v) is 8.65. The first-order valence-corrected chi connectivity index (χ1v) is 12.0. The summed E-state index contributed by atoms with van der Waals surface area (Å²) in [5.74, 6) is 1.68. The van der Waals surface area contributed by atoms with Crippen LogP contribution >= 0.6 is 15.9 Å². The molecule has 0 bridgehead atoms. The van der Waals surface area contributed by atoms with E-state index in [0.717, 1.165) is 77.6 Å². The summed E-state index contributed by atoms with van der Waals surface area (Å²) in [7, 11) is 3.39. The topological polar surface area (TPSA) is 89.6 Å². The summed E-state index contributed by atoms with van der Waals surface area (Å²) in [6.45, 7) is 6.04. The van der Waals surface area contributed by atoms with E-state index in [9.17, 15) is 0 Å². The maximum atomic E-state index is 6.11. The first-order valence-electron chi connectivity index (χ1n) is 11.2. The van der Waals surface area contributed by atoms with Gasteiger partial charge in [-0.05, 0) is 42.6 Å². The van der Waals surface area contributed by atoms with Crippen LogP contribution in [0.2, 0.25) is 0 Å². The minimum atomic E-state index is -0.0861. The lowest BCUT2D eigenvalue weighted by Gasteiger charge is -2.28. The molecular weight excluding hydrogens is 474 g/mol. The maximum absolute atomic E-state index is 6.11. The van der Waals surface area contributed by atoms with Gasteiger partial charge in [0.05, 0.1) is 31.7 Å². The van der Waals surface area contributed by atoms with Gasteiger partial charge in [0.25, 0.3) is 0 Å². The highest BCUT2D eigenvalue weighted by Gasteiger charge is 2.26. The zero-order valence-electron chi connectivity index (χ0n) is 19.2. The highest BCUT2D eigenvalue weighted by Crippen LogP contribution is 2.32. The molecule has 1 unspecified atom stereocenters. The predicted molar refractivity (Wildman–Crippen MR) is 130 cm³/mol. The van der Waals surface area contributed by atoms with Gasteiger partial charge in [-0.3, -0.25) is 0 Å². The fraction of sp³-hybridized carbons (Fsp3) is 0.565. The molecule has 1 heterocycles. The van der Waals surface area contributed by atoms with E-state index in [0.29, 0.717) is 19.6 Å². The molecule has 1 aromatic heterocycles. The van der Waals surface area contributed by atoms with Crippen LogP contribution in [-0.4, -0.2) is 63.1 Å². The minimum absolute atomic E-state index is 0.0861. The van der Waals surface area contributed by atoms with E-state index < -0.39 is 0 Å². The SMILES string of the molecule is CCNCCCNC1=Cc2c(ncnc2NC2=C(OC)CCC(Br)=C2)CC1OCCOC. The number of nitrogens with zero attached hydrogens (tertiary/aromatic N) is 2. The van der Waals surface area contributed by atoms with Crippen LogP contribution in [0.3, 0.4) is 0 Å². The summed E-state index contributed by atoms with van der Waals surface area (Å²) in [4.78, 5) is 9.08. The fourth-order valence-electron chi connectivity index (χ4n) is 3.71. The van der Waals surface area contributed by atoms with Crippen LogP contribution in [0.25, 0.3) is 6.08 Å². The molecule has 3 rings (SSSR count). The van der Waals surface area contributed by atoms with Crippen LogP contribution in [0.4, 0.5) is 5.82 Å². The predicted octanol–water partition coefficient (Wildman–Crippen LogP) is 3.34. The monoisotopic (exact) mass is 507 g/mol. The van der Waals surface area contributed by atoms with E-state index in [4.69, 9.17) is 14.2 Å². The molecule has 0 radical (unpaired) electrons.